The average Bonchev–Trinajstić information content (AvgIpc) is 2.82. The highest BCUT2D eigenvalue weighted by Crippen LogP contribution is 2.66. The van der Waals surface area contributed by atoms with Crippen molar-refractivity contribution in [3.05, 3.63) is 35.4 Å². The van der Waals surface area contributed by atoms with Crippen LogP contribution in [-0.2, 0) is 11.6 Å². The van der Waals surface area contributed by atoms with Gasteiger partial charge in [-0.15, -0.1) is 0 Å². The molecule has 1 aromatic rings. The zero-order valence-electron chi connectivity index (χ0n) is 9.72. The standard InChI is InChI=1S/C14H15F3/c1-9-6-12-8-13(12,7-9)10-2-4-11(5-3-10)14(15,16)17/h2-5,9,12H,6-8H2,1H3. The third-order valence-electron chi connectivity index (χ3n) is 4.42. The largest absolute Gasteiger partial charge is 0.416 e. The number of alkyl halides is 3. The van der Waals surface area contributed by atoms with E-state index in [-0.39, 0.29) is 5.41 Å². The molecule has 92 valence electrons. The maximum Gasteiger partial charge on any atom is 0.416 e. The summed E-state index contributed by atoms with van der Waals surface area (Å²) in [4.78, 5) is 0. The van der Waals surface area contributed by atoms with E-state index < -0.39 is 11.7 Å². The van der Waals surface area contributed by atoms with Crippen molar-refractivity contribution in [1.29, 1.82) is 0 Å². The van der Waals surface area contributed by atoms with Crippen molar-refractivity contribution < 1.29 is 13.2 Å². The van der Waals surface area contributed by atoms with Gasteiger partial charge in [-0.1, -0.05) is 19.1 Å². The van der Waals surface area contributed by atoms with Crippen LogP contribution >= 0.6 is 0 Å². The Bertz CT molecular complexity index is 432. The molecule has 0 heterocycles. The molecule has 0 amide bonds. The highest BCUT2D eigenvalue weighted by atomic mass is 19.4. The van der Waals surface area contributed by atoms with Gasteiger partial charge in [0.1, 0.15) is 0 Å². The second-order valence-corrected chi connectivity index (χ2v) is 5.68. The molecule has 2 aliphatic carbocycles. The van der Waals surface area contributed by atoms with Gasteiger partial charge in [0.2, 0.25) is 0 Å². The van der Waals surface area contributed by atoms with Crippen LogP contribution in [0.15, 0.2) is 24.3 Å². The zero-order valence-corrected chi connectivity index (χ0v) is 9.72. The lowest BCUT2D eigenvalue weighted by Gasteiger charge is -2.15. The number of rotatable bonds is 1. The van der Waals surface area contributed by atoms with Gasteiger partial charge in [-0.05, 0) is 54.2 Å². The summed E-state index contributed by atoms with van der Waals surface area (Å²) in [5.74, 6) is 1.44. The molecule has 3 rings (SSSR count). The third kappa shape index (κ3) is 1.67. The van der Waals surface area contributed by atoms with Crippen molar-refractivity contribution in [2.75, 3.05) is 0 Å². The minimum Gasteiger partial charge on any atom is -0.166 e. The summed E-state index contributed by atoms with van der Waals surface area (Å²) in [6, 6.07) is 5.81. The van der Waals surface area contributed by atoms with E-state index in [9.17, 15) is 13.2 Å². The van der Waals surface area contributed by atoms with Gasteiger partial charge in [0, 0.05) is 0 Å². The lowest BCUT2D eigenvalue weighted by atomic mass is 9.90. The summed E-state index contributed by atoms with van der Waals surface area (Å²) in [7, 11) is 0. The van der Waals surface area contributed by atoms with Gasteiger partial charge >= 0.3 is 6.18 Å². The number of fused-ring (bicyclic) bond motifs is 1. The van der Waals surface area contributed by atoms with Gasteiger partial charge in [-0.25, -0.2) is 0 Å². The van der Waals surface area contributed by atoms with Gasteiger partial charge in [0.15, 0.2) is 0 Å². The molecule has 0 N–H and O–H groups in total. The number of benzene rings is 1. The van der Waals surface area contributed by atoms with Crippen LogP contribution in [0.1, 0.15) is 37.3 Å². The molecular formula is C14H15F3. The molecule has 0 nitrogen and oxygen atoms in total. The SMILES string of the molecule is CC1CC2CC2(c2ccc(C(F)(F)F)cc2)C1. The smallest absolute Gasteiger partial charge is 0.166 e. The quantitative estimate of drug-likeness (QED) is 0.682. The molecule has 0 bridgehead atoms. The Morgan fingerprint density at radius 3 is 2.24 bits per heavy atom. The van der Waals surface area contributed by atoms with E-state index in [0.29, 0.717) is 5.92 Å². The Morgan fingerprint density at radius 2 is 1.76 bits per heavy atom. The maximum atomic E-state index is 12.5. The molecule has 0 saturated heterocycles. The minimum absolute atomic E-state index is 0.226. The predicted octanol–water partition coefficient (Wildman–Crippen LogP) is 4.39. The van der Waals surface area contributed by atoms with Gasteiger partial charge in [0.05, 0.1) is 5.56 Å². The molecule has 2 saturated carbocycles. The van der Waals surface area contributed by atoms with Crippen LogP contribution in [0, 0.1) is 11.8 Å². The van der Waals surface area contributed by atoms with E-state index in [1.54, 1.807) is 12.1 Å². The van der Waals surface area contributed by atoms with Crippen LogP contribution < -0.4 is 0 Å². The topological polar surface area (TPSA) is 0 Å². The lowest BCUT2D eigenvalue weighted by molar-refractivity contribution is -0.137. The lowest BCUT2D eigenvalue weighted by Crippen LogP contribution is -2.09. The number of halogens is 3. The molecule has 0 radical (unpaired) electrons. The van der Waals surface area contributed by atoms with Gasteiger partial charge < -0.3 is 0 Å². The first kappa shape index (κ1) is 11.1. The zero-order chi connectivity index (χ0) is 12.3. The van der Waals surface area contributed by atoms with E-state index in [1.165, 1.54) is 25.0 Å². The van der Waals surface area contributed by atoms with Crippen LogP contribution in [0.5, 0.6) is 0 Å². The Labute approximate surface area is 98.8 Å². The maximum absolute atomic E-state index is 12.5. The molecule has 2 fully saturated rings. The highest BCUT2D eigenvalue weighted by molar-refractivity contribution is 5.38. The van der Waals surface area contributed by atoms with E-state index in [2.05, 4.69) is 6.92 Å². The molecule has 0 spiro atoms. The molecule has 0 aliphatic heterocycles. The van der Waals surface area contributed by atoms with Crippen molar-refractivity contribution in [2.24, 2.45) is 11.8 Å². The molecule has 3 unspecified atom stereocenters. The van der Waals surface area contributed by atoms with Gasteiger partial charge in [-0.2, -0.15) is 13.2 Å². The van der Waals surface area contributed by atoms with Crippen LogP contribution in [-0.4, -0.2) is 0 Å². The summed E-state index contributed by atoms with van der Waals surface area (Å²) in [6.07, 6.45) is -0.672. The van der Waals surface area contributed by atoms with E-state index in [1.807, 2.05) is 0 Å². The minimum atomic E-state index is -4.22. The third-order valence-corrected chi connectivity index (χ3v) is 4.42. The first-order chi connectivity index (χ1) is 7.92. The van der Waals surface area contributed by atoms with Crippen molar-refractivity contribution in [3.63, 3.8) is 0 Å². The molecule has 1 aromatic carbocycles. The Hall–Kier alpha value is -0.990. The molecule has 2 aliphatic rings. The van der Waals surface area contributed by atoms with Crippen LogP contribution in [0.2, 0.25) is 0 Å². The highest BCUT2D eigenvalue weighted by Gasteiger charge is 2.59. The molecule has 3 atom stereocenters. The van der Waals surface area contributed by atoms with Crippen LogP contribution in [0.3, 0.4) is 0 Å². The summed E-state index contributed by atoms with van der Waals surface area (Å²) < 4.78 is 37.4. The van der Waals surface area contributed by atoms with E-state index in [0.717, 1.165) is 17.9 Å². The van der Waals surface area contributed by atoms with Crippen molar-refractivity contribution in [2.45, 2.75) is 37.8 Å². The Morgan fingerprint density at radius 1 is 1.12 bits per heavy atom. The second-order valence-electron chi connectivity index (χ2n) is 5.68. The average molecular weight is 240 g/mol. The number of hydrogen-bond acceptors (Lipinski definition) is 0. The fourth-order valence-electron chi connectivity index (χ4n) is 3.59. The summed E-state index contributed by atoms with van der Waals surface area (Å²) in [5.41, 5.74) is 0.796. The Kier molecular flexibility index (Phi) is 2.14. The first-order valence-electron chi connectivity index (χ1n) is 6.09. The van der Waals surface area contributed by atoms with Crippen molar-refractivity contribution >= 4 is 0 Å². The molecule has 17 heavy (non-hydrogen) atoms. The van der Waals surface area contributed by atoms with E-state index in [4.69, 9.17) is 0 Å². The van der Waals surface area contributed by atoms with Crippen LogP contribution in [0.25, 0.3) is 0 Å². The predicted molar refractivity (Wildman–Crippen MR) is 59.6 cm³/mol. The summed E-state index contributed by atoms with van der Waals surface area (Å²) >= 11 is 0. The summed E-state index contributed by atoms with van der Waals surface area (Å²) in [5, 5.41) is 0. The van der Waals surface area contributed by atoms with Crippen molar-refractivity contribution in [1.82, 2.24) is 0 Å². The van der Waals surface area contributed by atoms with Crippen molar-refractivity contribution in [3.8, 4) is 0 Å². The van der Waals surface area contributed by atoms with Gasteiger partial charge in [0.25, 0.3) is 0 Å². The van der Waals surface area contributed by atoms with E-state index >= 15 is 0 Å². The molecule has 0 aromatic heterocycles. The second kappa shape index (κ2) is 3.27. The normalized spacial score (nSPS) is 35.8. The number of hydrogen-bond donors (Lipinski definition) is 0. The van der Waals surface area contributed by atoms with Crippen LogP contribution in [0.4, 0.5) is 13.2 Å². The fraction of sp³-hybridized carbons (Fsp3) is 0.571. The Balaban J connectivity index is 1.87. The fourth-order valence-corrected chi connectivity index (χ4v) is 3.59. The first-order valence-corrected chi connectivity index (χ1v) is 6.09. The monoisotopic (exact) mass is 240 g/mol. The molecule has 3 heteroatoms. The summed E-state index contributed by atoms with van der Waals surface area (Å²) in [6.45, 7) is 2.23. The molecular weight excluding hydrogens is 225 g/mol. The van der Waals surface area contributed by atoms with Gasteiger partial charge in [-0.3, -0.25) is 0 Å².